The zero-order valence-electron chi connectivity index (χ0n) is 21.0. The van der Waals surface area contributed by atoms with Gasteiger partial charge in [-0.2, -0.15) is 5.10 Å². The third-order valence-electron chi connectivity index (χ3n) is 5.90. The molecule has 0 aliphatic heterocycles. The van der Waals surface area contributed by atoms with Crippen molar-refractivity contribution in [1.29, 1.82) is 0 Å². The molecule has 0 bridgehead atoms. The van der Waals surface area contributed by atoms with E-state index in [1.54, 1.807) is 44.6 Å². The van der Waals surface area contributed by atoms with Crippen molar-refractivity contribution in [3.8, 4) is 17.2 Å². The van der Waals surface area contributed by atoms with Crippen LogP contribution in [-0.2, 0) is 13.2 Å². The topological polar surface area (TPSA) is 74.6 Å². The van der Waals surface area contributed by atoms with Crippen molar-refractivity contribution >= 4 is 34.8 Å². The van der Waals surface area contributed by atoms with Gasteiger partial charge in [-0.05, 0) is 61.4 Å². The fraction of sp³-hybridized carbons (Fsp3) is 0.214. The second kappa shape index (κ2) is 11.6. The lowest BCUT2D eigenvalue weighted by atomic mass is 10.1. The molecular formula is C28H27Cl2N3O4. The Hall–Kier alpha value is -3.68. The summed E-state index contributed by atoms with van der Waals surface area (Å²) in [5, 5.41) is 8.42. The molecule has 0 spiro atoms. The molecule has 9 heteroatoms. The number of aromatic nitrogens is 2. The molecule has 192 valence electrons. The standard InChI is InChI=1S/C28H27Cl2N3O4/c1-17-27(18(2)33(32-17)15-19-11-12-23(35-3)25(14-19)36-4)31-28(34)21-8-5-7-20(13-21)16-37-24-10-6-9-22(29)26(24)30/h5-14H,15-16H2,1-4H3,(H,31,34). The second-order valence-electron chi connectivity index (χ2n) is 8.39. The molecular weight excluding hydrogens is 513 g/mol. The minimum Gasteiger partial charge on any atom is -0.493 e. The number of carbonyl (C=O) groups is 1. The van der Waals surface area contributed by atoms with Crippen molar-refractivity contribution in [2.75, 3.05) is 19.5 Å². The van der Waals surface area contributed by atoms with Crippen molar-refractivity contribution in [3.05, 3.63) is 98.8 Å². The molecule has 3 aromatic carbocycles. The van der Waals surface area contributed by atoms with Crippen molar-refractivity contribution in [3.63, 3.8) is 0 Å². The molecule has 1 heterocycles. The second-order valence-corrected chi connectivity index (χ2v) is 9.17. The maximum absolute atomic E-state index is 13.1. The van der Waals surface area contributed by atoms with E-state index in [9.17, 15) is 4.79 Å². The van der Waals surface area contributed by atoms with Crippen LogP contribution in [0.3, 0.4) is 0 Å². The SMILES string of the molecule is COc1ccc(Cn2nc(C)c(NC(=O)c3cccc(COc4cccc(Cl)c4Cl)c3)c2C)cc1OC. The highest BCUT2D eigenvalue weighted by atomic mass is 35.5. The summed E-state index contributed by atoms with van der Waals surface area (Å²) in [5.41, 5.74) is 4.56. The van der Waals surface area contributed by atoms with Crippen LogP contribution in [0.25, 0.3) is 0 Å². The molecule has 0 aliphatic carbocycles. The highest BCUT2D eigenvalue weighted by molar-refractivity contribution is 6.42. The summed E-state index contributed by atoms with van der Waals surface area (Å²) < 4.78 is 18.4. The number of rotatable bonds is 9. The Labute approximate surface area is 225 Å². The Morgan fingerprint density at radius 3 is 2.43 bits per heavy atom. The first-order valence-electron chi connectivity index (χ1n) is 11.5. The van der Waals surface area contributed by atoms with Gasteiger partial charge in [-0.25, -0.2) is 0 Å². The smallest absolute Gasteiger partial charge is 0.255 e. The summed E-state index contributed by atoms with van der Waals surface area (Å²) in [7, 11) is 3.21. The average Bonchev–Trinajstić information content (AvgIpc) is 3.16. The Balaban J connectivity index is 1.47. The molecule has 0 saturated heterocycles. The average molecular weight is 540 g/mol. The van der Waals surface area contributed by atoms with Gasteiger partial charge < -0.3 is 19.5 Å². The maximum Gasteiger partial charge on any atom is 0.255 e. The van der Waals surface area contributed by atoms with E-state index >= 15 is 0 Å². The normalized spacial score (nSPS) is 10.8. The number of carbonyl (C=O) groups excluding carboxylic acids is 1. The molecule has 0 saturated carbocycles. The van der Waals surface area contributed by atoms with Crippen molar-refractivity contribution < 1.29 is 19.0 Å². The van der Waals surface area contributed by atoms with E-state index in [1.807, 2.05) is 48.9 Å². The first-order chi connectivity index (χ1) is 17.8. The molecule has 37 heavy (non-hydrogen) atoms. The number of hydrogen-bond acceptors (Lipinski definition) is 5. The van der Waals surface area contributed by atoms with Crippen LogP contribution < -0.4 is 19.5 Å². The molecule has 7 nitrogen and oxygen atoms in total. The minimum absolute atomic E-state index is 0.237. The molecule has 0 aliphatic rings. The summed E-state index contributed by atoms with van der Waals surface area (Å²) in [6.45, 7) is 4.55. The van der Waals surface area contributed by atoms with E-state index in [-0.39, 0.29) is 12.5 Å². The van der Waals surface area contributed by atoms with Gasteiger partial charge >= 0.3 is 0 Å². The summed E-state index contributed by atoms with van der Waals surface area (Å²) >= 11 is 12.3. The van der Waals surface area contributed by atoms with E-state index in [0.29, 0.717) is 45.1 Å². The van der Waals surface area contributed by atoms with E-state index in [0.717, 1.165) is 22.5 Å². The molecule has 1 N–H and O–H groups in total. The summed E-state index contributed by atoms with van der Waals surface area (Å²) in [6.07, 6.45) is 0. The molecule has 0 atom stereocenters. The molecule has 0 fully saturated rings. The fourth-order valence-electron chi connectivity index (χ4n) is 3.93. The van der Waals surface area contributed by atoms with Crippen LogP contribution in [0.15, 0.2) is 60.7 Å². The van der Waals surface area contributed by atoms with Crippen LogP contribution >= 0.6 is 23.2 Å². The Bertz CT molecular complexity index is 1440. The predicted molar refractivity (Wildman–Crippen MR) is 146 cm³/mol. The van der Waals surface area contributed by atoms with E-state index in [1.165, 1.54) is 0 Å². The third kappa shape index (κ3) is 6.01. The van der Waals surface area contributed by atoms with Crippen LogP contribution in [0, 0.1) is 13.8 Å². The molecule has 1 aromatic heterocycles. The molecule has 4 aromatic rings. The number of nitrogens with one attached hydrogen (secondary N) is 1. The van der Waals surface area contributed by atoms with Crippen molar-refractivity contribution in [1.82, 2.24) is 9.78 Å². The maximum atomic E-state index is 13.1. The predicted octanol–water partition coefficient (Wildman–Crippen LogP) is 6.70. The number of halogens is 2. The number of benzene rings is 3. The Morgan fingerprint density at radius 2 is 1.68 bits per heavy atom. The van der Waals surface area contributed by atoms with Crippen molar-refractivity contribution in [2.45, 2.75) is 27.0 Å². The van der Waals surface area contributed by atoms with Crippen LogP contribution in [0.5, 0.6) is 17.2 Å². The molecule has 1 amide bonds. The van der Waals surface area contributed by atoms with Crippen molar-refractivity contribution in [2.24, 2.45) is 0 Å². The molecule has 0 radical (unpaired) electrons. The minimum atomic E-state index is -0.237. The van der Waals surface area contributed by atoms with E-state index in [2.05, 4.69) is 10.4 Å². The van der Waals surface area contributed by atoms with Gasteiger partial charge in [0.25, 0.3) is 5.91 Å². The monoisotopic (exact) mass is 539 g/mol. The lowest BCUT2D eigenvalue weighted by molar-refractivity contribution is 0.102. The highest BCUT2D eigenvalue weighted by Crippen LogP contribution is 2.32. The van der Waals surface area contributed by atoms with Crippen LogP contribution in [0.1, 0.15) is 32.9 Å². The highest BCUT2D eigenvalue weighted by Gasteiger charge is 2.17. The third-order valence-corrected chi connectivity index (χ3v) is 6.70. The van der Waals surface area contributed by atoms with Gasteiger partial charge in [0.05, 0.1) is 42.9 Å². The lowest BCUT2D eigenvalue weighted by Gasteiger charge is -2.11. The van der Waals surface area contributed by atoms with Gasteiger partial charge in [-0.15, -0.1) is 0 Å². The number of anilines is 1. The molecule has 0 unspecified atom stereocenters. The van der Waals surface area contributed by atoms with Gasteiger partial charge in [0.15, 0.2) is 11.5 Å². The van der Waals surface area contributed by atoms with Gasteiger partial charge in [-0.1, -0.05) is 47.5 Å². The molecule has 4 rings (SSSR count). The summed E-state index contributed by atoms with van der Waals surface area (Å²) in [4.78, 5) is 13.1. The summed E-state index contributed by atoms with van der Waals surface area (Å²) in [5.74, 6) is 1.56. The number of methoxy groups -OCH3 is 2. The summed E-state index contributed by atoms with van der Waals surface area (Å²) in [6, 6.07) is 18.2. The van der Waals surface area contributed by atoms with E-state index < -0.39 is 0 Å². The largest absolute Gasteiger partial charge is 0.493 e. The van der Waals surface area contributed by atoms with Gasteiger partial charge in [0.1, 0.15) is 17.4 Å². The Morgan fingerprint density at radius 1 is 0.919 bits per heavy atom. The first kappa shape index (κ1) is 26.4. The van der Waals surface area contributed by atoms with Gasteiger partial charge in [-0.3, -0.25) is 9.48 Å². The zero-order valence-corrected chi connectivity index (χ0v) is 22.5. The van der Waals surface area contributed by atoms with Gasteiger partial charge in [0, 0.05) is 5.56 Å². The van der Waals surface area contributed by atoms with Crippen LogP contribution in [0.4, 0.5) is 5.69 Å². The quantitative estimate of drug-likeness (QED) is 0.256. The van der Waals surface area contributed by atoms with Crippen LogP contribution in [0.2, 0.25) is 10.0 Å². The Kier molecular flexibility index (Phi) is 8.26. The van der Waals surface area contributed by atoms with Crippen LogP contribution in [-0.4, -0.2) is 29.9 Å². The lowest BCUT2D eigenvalue weighted by Crippen LogP contribution is -2.14. The number of amides is 1. The zero-order chi connectivity index (χ0) is 26.5. The number of hydrogen-bond donors (Lipinski definition) is 1. The van der Waals surface area contributed by atoms with Gasteiger partial charge in [0.2, 0.25) is 0 Å². The van der Waals surface area contributed by atoms with E-state index in [4.69, 9.17) is 37.4 Å². The first-order valence-corrected chi connectivity index (χ1v) is 12.3. The number of nitrogens with zero attached hydrogens (tertiary/aromatic N) is 2. The fourth-order valence-corrected chi connectivity index (χ4v) is 4.27. The number of ether oxygens (including phenoxy) is 3. The number of aryl methyl sites for hydroxylation is 1.